The van der Waals surface area contributed by atoms with Crippen LogP contribution in [0.15, 0.2) is 17.5 Å². The minimum Gasteiger partial charge on any atom is -0.481 e. The van der Waals surface area contributed by atoms with Crippen LogP contribution in [0.5, 0.6) is 0 Å². The first-order valence-corrected chi connectivity index (χ1v) is 8.12. The molecular weight excluding hydrogens is 290 g/mol. The number of thiophene rings is 1. The van der Waals surface area contributed by atoms with Crippen molar-refractivity contribution >= 4 is 23.2 Å². The molecule has 0 aromatic carbocycles. The molecule has 0 saturated carbocycles. The van der Waals surface area contributed by atoms with Gasteiger partial charge in [0.25, 0.3) is 0 Å². The summed E-state index contributed by atoms with van der Waals surface area (Å²) in [6, 6.07) is 3.26. The number of carboxylic acid groups (broad SMARTS) is 1. The fraction of sp³-hybridized carbons (Fsp3) is 0.600. The molecule has 0 aliphatic carbocycles. The summed E-state index contributed by atoms with van der Waals surface area (Å²) in [5.41, 5.74) is 0. The molecular formula is C15H21NO4S. The van der Waals surface area contributed by atoms with Crippen molar-refractivity contribution in [2.45, 2.75) is 57.3 Å². The molecule has 0 spiro atoms. The lowest BCUT2D eigenvalue weighted by Crippen LogP contribution is -2.30. The average molecular weight is 311 g/mol. The van der Waals surface area contributed by atoms with Gasteiger partial charge in [-0.2, -0.15) is 0 Å². The van der Waals surface area contributed by atoms with E-state index in [0.717, 1.165) is 17.7 Å². The summed E-state index contributed by atoms with van der Waals surface area (Å²) >= 11 is 1.46. The van der Waals surface area contributed by atoms with Crippen molar-refractivity contribution in [1.29, 1.82) is 0 Å². The summed E-state index contributed by atoms with van der Waals surface area (Å²) in [4.78, 5) is 23.8. The summed E-state index contributed by atoms with van der Waals surface area (Å²) in [5, 5.41) is 13.7. The van der Waals surface area contributed by atoms with Gasteiger partial charge in [-0.15, -0.1) is 11.3 Å². The fourth-order valence-electron chi connectivity index (χ4n) is 2.54. The standard InChI is InChI=1S/C15H21NO4S/c1-10-4-5-11(20-10)6-7-14(17)16-12(9-15(18)19)13-3-2-8-21-13/h2-3,8,10-12H,4-7,9H2,1H3,(H,16,17)(H,18,19)/t10-,11-,12-/m1/s1. The average Bonchev–Trinajstić information content (AvgIpc) is 3.06. The van der Waals surface area contributed by atoms with E-state index in [1.165, 1.54) is 11.3 Å². The van der Waals surface area contributed by atoms with Crippen LogP contribution < -0.4 is 5.32 Å². The SMILES string of the molecule is C[C@@H]1CC[C@H](CCC(=O)N[C@H](CC(=O)O)c2cccs2)O1. The molecule has 1 aromatic rings. The molecule has 1 saturated heterocycles. The quantitative estimate of drug-likeness (QED) is 0.812. The first kappa shape index (κ1) is 16.0. The molecule has 2 N–H and O–H groups in total. The number of hydrogen-bond donors (Lipinski definition) is 2. The molecule has 116 valence electrons. The number of aliphatic carboxylic acids is 1. The van der Waals surface area contributed by atoms with Crippen LogP contribution in [0.4, 0.5) is 0 Å². The van der Waals surface area contributed by atoms with Gasteiger partial charge in [-0.3, -0.25) is 9.59 Å². The highest BCUT2D eigenvalue weighted by Crippen LogP contribution is 2.24. The Morgan fingerprint density at radius 1 is 1.52 bits per heavy atom. The Hall–Kier alpha value is -1.40. The van der Waals surface area contributed by atoms with Gasteiger partial charge >= 0.3 is 5.97 Å². The van der Waals surface area contributed by atoms with Crippen LogP contribution >= 0.6 is 11.3 Å². The molecule has 3 atom stereocenters. The second kappa shape index (κ2) is 7.56. The minimum atomic E-state index is -0.915. The molecule has 2 heterocycles. The van der Waals surface area contributed by atoms with E-state index in [1.54, 1.807) is 0 Å². The summed E-state index contributed by atoms with van der Waals surface area (Å²) in [6.45, 7) is 2.04. The van der Waals surface area contributed by atoms with Gasteiger partial charge in [0, 0.05) is 11.3 Å². The normalized spacial score (nSPS) is 22.9. The van der Waals surface area contributed by atoms with E-state index in [2.05, 4.69) is 5.32 Å². The predicted molar refractivity (Wildman–Crippen MR) is 80.3 cm³/mol. The topological polar surface area (TPSA) is 75.6 Å². The van der Waals surface area contributed by atoms with E-state index in [-0.39, 0.29) is 24.5 Å². The molecule has 6 heteroatoms. The third-order valence-corrected chi connectivity index (χ3v) is 4.60. The molecule has 1 aromatic heterocycles. The van der Waals surface area contributed by atoms with Crippen molar-refractivity contribution < 1.29 is 19.4 Å². The van der Waals surface area contributed by atoms with Crippen molar-refractivity contribution in [3.63, 3.8) is 0 Å². The lowest BCUT2D eigenvalue weighted by molar-refractivity contribution is -0.137. The maximum atomic E-state index is 12.0. The summed E-state index contributed by atoms with van der Waals surface area (Å²) in [6.07, 6.45) is 3.46. The molecule has 1 fully saturated rings. The van der Waals surface area contributed by atoms with E-state index in [4.69, 9.17) is 9.84 Å². The molecule has 1 aliphatic heterocycles. The Kier molecular flexibility index (Phi) is 5.76. The lowest BCUT2D eigenvalue weighted by atomic mass is 10.1. The maximum absolute atomic E-state index is 12.0. The lowest BCUT2D eigenvalue weighted by Gasteiger charge is -2.16. The third kappa shape index (κ3) is 5.13. The Morgan fingerprint density at radius 3 is 2.90 bits per heavy atom. The van der Waals surface area contributed by atoms with Crippen LogP contribution in [0.25, 0.3) is 0 Å². The predicted octanol–water partition coefficient (Wildman–Crippen LogP) is 2.73. The van der Waals surface area contributed by atoms with Gasteiger partial charge in [-0.1, -0.05) is 6.07 Å². The van der Waals surface area contributed by atoms with Crippen molar-refractivity contribution in [3.8, 4) is 0 Å². The summed E-state index contributed by atoms with van der Waals surface area (Å²) in [5.74, 6) is -1.03. The summed E-state index contributed by atoms with van der Waals surface area (Å²) < 4.78 is 5.68. The van der Waals surface area contributed by atoms with Gasteiger partial charge < -0.3 is 15.2 Å². The zero-order chi connectivity index (χ0) is 15.2. The van der Waals surface area contributed by atoms with Gasteiger partial charge in [0.1, 0.15) is 0 Å². The molecule has 0 unspecified atom stereocenters. The van der Waals surface area contributed by atoms with E-state index in [9.17, 15) is 9.59 Å². The van der Waals surface area contributed by atoms with Gasteiger partial charge in [-0.25, -0.2) is 0 Å². The molecule has 0 bridgehead atoms. The number of ether oxygens (including phenoxy) is 1. The van der Waals surface area contributed by atoms with Gasteiger partial charge in [-0.05, 0) is 37.6 Å². The fourth-order valence-corrected chi connectivity index (χ4v) is 3.32. The monoisotopic (exact) mass is 311 g/mol. The van der Waals surface area contributed by atoms with Gasteiger partial charge in [0.15, 0.2) is 0 Å². The number of carbonyl (C=O) groups is 2. The Morgan fingerprint density at radius 2 is 2.33 bits per heavy atom. The highest BCUT2D eigenvalue weighted by Gasteiger charge is 2.23. The van der Waals surface area contributed by atoms with Crippen LogP contribution in [0.3, 0.4) is 0 Å². The molecule has 1 amide bonds. The van der Waals surface area contributed by atoms with Gasteiger partial charge in [0.2, 0.25) is 5.91 Å². The second-order valence-corrected chi connectivity index (χ2v) is 6.40. The van der Waals surface area contributed by atoms with Crippen LogP contribution in [0.2, 0.25) is 0 Å². The second-order valence-electron chi connectivity index (χ2n) is 5.42. The number of nitrogens with one attached hydrogen (secondary N) is 1. The number of amides is 1. The van der Waals surface area contributed by atoms with Crippen LogP contribution in [0.1, 0.15) is 49.9 Å². The van der Waals surface area contributed by atoms with Crippen LogP contribution in [-0.4, -0.2) is 29.2 Å². The zero-order valence-corrected chi connectivity index (χ0v) is 12.9. The van der Waals surface area contributed by atoms with Crippen molar-refractivity contribution in [2.24, 2.45) is 0 Å². The van der Waals surface area contributed by atoms with E-state index in [1.807, 2.05) is 24.4 Å². The Balaban J connectivity index is 1.82. The molecule has 0 radical (unpaired) electrons. The molecule has 1 aliphatic rings. The zero-order valence-electron chi connectivity index (χ0n) is 12.1. The van der Waals surface area contributed by atoms with Crippen molar-refractivity contribution in [1.82, 2.24) is 5.32 Å². The number of carbonyl (C=O) groups excluding carboxylic acids is 1. The minimum absolute atomic E-state index is 0.0940. The van der Waals surface area contributed by atoms with Crippen LogP contribution in [0, 0.1) is 0 Å². The first-order chi connectivity index (χ1) is 10.0. The van der Waals surface area contributed by atoms with Gasteiger partial charge in [0.05, 0.1) is 24.7 Å². The van der Waals surface area contributed by atoms with E-state index in [0.29, 0.717) is 12.8 Å². The van der Waals surface area contributed by atoms with E-state index >= 15 is 0 Å². The third-order valence-electron chi connectivity index (χ3n) is 3.61. The smallest absolute Gasteiger partial charge is 0.305 e. The number of rotatable bonds is 7. The van der Waals surface area contributed by atoms with Crippen molar-refractivity contribution in [2.75, 3.05) is 0 Å². The first-order valence-electron chi connectivity index (χ1n) is 7.24. The molecule has 5 nitrogen and oxygen atoms in total. The number of carboxylic acids is 1. The van der Waals surface area contributed by atoms with Crippen molar-refractivity contribution in [3.05, 3.63) is 22.4 Å². The summed E-state index contributed by atoms with van der Waals surface area (Å²) in [7, 11) is 0. The largest absolute Gasteiger partial charge is 0.481 e. The van der Waals surface area contributed by atoms with Crippen LogP contribution in [-0.2, 0) is 14.3 Å². The Labute approximate surface area is 128 Å². The number of hydrogen-bond acceptors (Lipinski definition) is 4. The van der Waals surface area contributed by atoms with E-state index < -0.39 is 12.0 Å². The molecule has 2 rings (SSSR count). The molecule has 21 heavy (non-hydrogen) atoms. The highest BCUT2D eigenvalue weighted by molar-refractivity contribution is 7.10. The maximum Gasteiger partial charge on any atom is 0.305 e. The highest BCUT2D eigenvalue weighted by atomic mass is 32.1. The Bertz CT molecular complexity index is 474.